The minimum Gasteiger partial charge on any atom is -0.375 e. The maximum atomic E-state index is 11.0. The molecule has 3 rings (SSSR count). The number of aromatic amines is 2. The fourth-order valence-corrected chi connectivity index (χ4v) is 2.23. The minimum atomic E-state index is -0.203. The smallest absolute Gasteiger partial charge is 0.323 e. The molecule has 0 saturated heterocycles. The van der Waals surface area contributed by atoms with Crippen LogP contribution in [0, 0.1) is 0 Å². The summed E-state index contributed by atoms with van der Waals surface area (Å²) >= 11 is 1.41. The molecule has 6 heteroatoms. The molecule has 0 spiro atoms. The number of imidazole rings is 1. The predicted octanol–water partition coefficient (Wildman–Crippen LogP) is 1.05. The first-order chi connectivity index (χ1) is 6.72. The Morgan fingerprint density at radius 2 is 2.00 bits per heavy atom. The molecule has 2 heterocycles. The van der Waals surface area contributed by atoms with Gasteiger partial charge in [-0.05, 0) is 12.1 Å². The molecular formula is C8H6N4OS. The molecule has 0 bridgehead atoms. The lowest BCUT2D eigenvalue weighted by Crippen LogP contribution is -1.99. The fourth-order valence-electron chi connectivity index (χ4n) is 1.47. The molecule has 0 fully saturated rings. The molecule has 1 aromatic carbocycles. The molecule has 0 aliphatic carbocycles. The number of fused-ring (bicyclic) bond motifs is 2. The second kappa shape index (κ2) is 2.36. The minimum absolute atomic E-state index is 0.203. The highest BCUT2D eigenvalue weighted by atomic mass is 32.1. The summed E-state index contributed by atoms with van der Waals surface area (Å²) in [6.07, 6.45) is 0. The number of hydrogen-bond acceptors (Lipinski definition) is 4. The van der Waals surface area contributed by atoms with E-state index in [2.05, 4.69) is 15.0 Å². The molecule has 70 valence electrons. The number of nitrogens with one attached hydrogen (secondary N) is 2. The van der Waals surface area contributed by atoms with Crippen molar-refractivity contribution in [2.24, 2.45) is 0 Å². The summed E-state index contributed by atoms with van der Waals surface area (Å²) in [5, 5.41) is 0.537. The standard InChI is InChI=1S/C8H6N4OS/c9-7-10-5-1-3-4(2-6(5)14-7)12-8(13)11-3/h1-2H,(H2,9,10)(H2,11,12,13). The number of nitrogens with zero attached hydrogens (tertiary/aromatic N) is 1. The number of thiazole rings is 1. The van der Waals surface area contributed by atoms with Gasteiger partial charge < -0.3 is 15.7 Å². The second-order valence-corrected chi connectivity index (χ2v) is 4.06. The van der Waals surface area contributed by atoms with Crippen molar-refractivity contribution in [2.75, 3.05) is 5.73 Å². The van der Waals surface area contributed by atoms with E-state index in [0.717, 1.165) is 21.3 Å². The van der Waals surface area contributed by atoms with Gasteiger partial charge in [0.05, 0.1) is 21.3 Å². The van der Waals surface area contributed by atoms with Gasteiger partial charge in [-0.3, -0.25) is 0 Å². The fraction of sp³-hybridized carbons (Fsp3) is 0. The van der Waals surface area contributed by atoms with Gasteiger partial charge in [0, 0.05) is 0 Å². The van der Waals surface area contributed by atoms with Crippen LogP contribution < -0.4 is 11.4 Å². The summed E-state index contributed by atoms with van der Waals surface area (Å²) < 4.78 is 0.977. The van der Waals surface area contributed by atoms with Crippen molar-refractivity contribution in [1.29, 1.82) is 0 Å². The van der Waals surface area contributed by atoms with E-state index in [9.17, 15) is 4.79 Å². The van der Waals surface area contributed by atoms with Crippen LogP contribution in [0.3, 0.4) is 0 Å². The number of aromatic nitrogens is 3. The molecule has 0 aliphatic heterocycles. The lowest BCUT2D eigenvalue weighted by atomic mass is 10.3. The van der Waals surface area contributed by atoms with Crippen LogP contribution in [0.25, 0.3) is 21.3 Å². The molecule has 4 N–H and O–H groups in total. The topological polar surface area (TPSA) is 87.6 Å². The van der Waals surface area contributed by atoms with E-state index in [-0.39, 0.29) is 5.69 Å². The van der Waals surface area contributed by atoms with Crippen molar-refractivity contribution in [2.45, 2.75) is 0 Å². The maximum Gasteiger partial charge on any atom is 0.323 e. The van der Waals surface area contributed by atoms with E-state index in [4.69, 9.17) is 5.73 Å². The Balaban J connectivity index is 2.55. The molecule has 0 aliphatic rings. The van der Waals surface area contributed by atoms with Crippen LogP contribution >= 0.6 is 11.3 Å². The van der Waals surface area contributed by atoms with Gasteiger partial charge in [0.2, 0.25) is 0 Å². The molecule has 2 aromatic heterocycles. The molecule has 0 atom stereocenters. The van der Waals surface area contributed by atoms with Crippen molar-refractivity contribution >= 4 is 37.7 Å². The van der Waals surface area contributed by atoms with E-state index >= 15 is 0 Å². The second-order valence-electron chi connectivity index (χ2n) is 3.00. The third-order valence-electron chi connectivity index (χ3n) is 2.04. The number of benzene rings is 1. The van der Waals surface area contributed by atoms with E-state index < -0.39 is 0 Å². The first kappa shape index (κ1) is 7.57. The largest absolute Gasteiger partial charge is 0.375 e. The summed E-state index contributed by atoms with van der Waals surface area (Å²) in [5.41, 5.74) is 7.73. The van der Waals surface area contributed by atoms with E-state index in [0.29, 0.717) is 5.13 Å². The summed E-state index contributed by atoms with van der Waals surface area (Å²) in [6, 6.07) is 3.69. The Kier molecular flexibility index (Phi) is 1.27. The van der Waals surface area contributed by atoms with Gasteiger partial charge in [-0.25, -0.2) is 9.78 Å². The molecule has 0 amide bonds. The molecule has 14 heavy (non-hydrogen) atoms. The van der Waals surface area contributed by atoms with Crippen LogP contribution in [0.4, 0.5) is 5.13 Å². The zero-order valence-corrected chi connectivity index (χ0v) is 7.81. The van der Waals surface area contributed by atoms with Crippen LogP contribution in [-0.2, 0) is 0 Å². The van der Waals surface area contributed by atoms with E-state index in [1.165, 1.54) is 11.3 Å². The lowest BCUT2D eigenvalue weighted by molar-refractivity contribution is 1.22. The third kappa shape index (κ3) is 0.942. The van der Waals surface area contributed by atoms with Crippen LogP contribution in [0.15, 0.2) is 16.9 Å². The number of hydrogen-bond donors (Lipinski definition) is 3. The molecule has 3 aromatic rings. The zero-order valence-electron chi connectivity index (χ0n) is 7.00. The van der Waals surface area contributed by atoms with Crippen molar-refractivity contribution in [3.05, 3.63) is 22.6 Å². The Bertz CT molecular complexity index is 623. The Morgan fingerprint density at radius 3 is 2.79 bits per heavy atom. The number of nitrogen functional groups attached to an aromatic ring is 1. The van der Waals surface area contributed by atoms with Crippen molar-refractivity contribution < 1.29 is 0 Å². The quantitative estimate of drug-likeness (QED) is 0.513. The Morgan fingerprint density at radius 1 is 1.29 bits per heavy atom. The Labute approximate surface area is 81.6 Å². The average molecular weight is 206 g/mol. The van der Waals surface area contributed by atoms with Crippen molar-refractivity contribution in [3.8, 4) is 0 Å². The zero-order chi connectivity index (χ0) is 9.71. The average Bonchev–Trinajstić information content (AvgIpc) is 2.59. The number of rotatable bonds is 0. The van der Waals surface area contributed by atoms with Gasteiger partial charge in [0.1, 0.15) is 0 Å². The number of anilines is 1. The molecule has 0 unspecified atom stereocenters. The lowest BCUT2D eigenvalue weighted by Gasteiger charge is -1.87. The summed E-state index contributed by atoms with van der Waals surface area (Å²) in [6.45, 7) is 0. The molecular weight excluding hydrogens is 200 g/mol. The number of H-pyrrole nitrogens is 2. The highest BCUT2D eigenvalue weighted by Gasteiger charge is 2.04. The van der Waals surface area contributed by atoms with Crippen molar-refractivity contribution in [1.82, 2.24) is 15.0 Å². The van der Waals surface area contributed by atoms with Crippen molar-refractivity contribution in [3.63, 3.8) is 0 Å². The number of nitrogens with two attached hydrogens (primary N) is 1. The van der Waals surface area contributed by atoms with Gasteiger partial charge in [0.25, 0.3) is 0 Å². The first-order valence-electron chi connectivity index (χ1n) is 4.00. The highest BCUT2D eigenvalue weighted by molar-refractivity contribution is 7.22. The van der Waals surface area contributed by atoms with Crippen LogP contribution in [0.2, 0.25) is 0 Å². The van der Waals surface area contributed by atoms with Gasteiger partial charge in [-0.1, -0.05) is 11.3 Å². The SMILES string of the molecule is Nc1nc2cc3[nH]c(=O)[nH]c3cc2s1. The third-order valence-corrected chi connectivity index (χ3v) is 2.89. The molecule has 0 saturated carbocycles. The van der Waals surface area contributed by atoms with Crippen LogP contribution in [0.1, 0.15) is 0 Å². The van der Waals surface area contributed by atoms with E-state index in [1.54, 1.807) is 0 Å². The normalized spacial score (nSPS) is 11.4. The maximum absolute atomic E-state index is 11.0. The summed E-state index contributed by atoms with van der Waals surface area (Å²) in [7, 11) is 0. The monoisotopic (exact) mass is 206 g/mol. The Hall–Kier alpha value is -1.82. The van der Waals surface area contributed by atoms with E-state index in [1.807, 2.05) is 12.1 Å². The predicted molar refractivity (Wildman–Crippen MR) is 56.5 cm³/mol. The molecule has 5 nitrogen and oxygen atoms in total. The van der Waals surface area contributed by atoms with Gasteiger partial charge in [0.15, 0.2) is 5.13 Å². The summed E-state index contributed by atoms with van der Waals surface area (Å²) in [4.78, 5) is 20.5. The van der Waals surface area contributed by atoms with Gasteiger partial charge >= 0.3 is 5.69 Å². The molecule has 0 radical (unpaired) electrons. The van der Waals surface area contributed by atoms with Gasteiger partial charge in [-0.15, -0.1) is 0 Å². The van der Waals surface area contributed by atoms with Gasteiger partial charge in [-0.2, -0.15) is 0 Å². The van der Waals surface area contributed by atoms with Crippen LogP contribution in [0.5, 0.6) is 0 Å². The van der Waals surface area contributed by atoms with Crippen LogP contribution in [-0.4, -0.2) is 15.0 Å². The summed E-state index contributed by atoms with van der Waals surface area (Å²) in [5.74, 6) is 0. The first-order valence-corrected chi connectivity index (χ1v) is 4.82. The highest BCUT2D eigenvalue weighted by Crippen LogP contribution is 2.26.